The summed E-state index contributed by atoms with van der Waals surface area (Å²) in [5, 5.41) is 17.5. The summed E-state index contributed by atoms with van der Waals surface area (Å²) in [4.78, 5) is 21.4. The summed E-state index contributed by atoms with van der Waals surface area (Å²) >= 11 is 0. The highest BCUT2D eigenvalue weighted by Gasteiger charge is 2.16. The molecule has 0 bridgehead atoms. The van der Waals surface area contributed by atoms with Gasteiger partial charge in [0.05, 0.1) is 12.0 Å². The van der Waals surface area contributed by atoms with Gasteiger partial charge in [0.2, 0.25) is 0 Å². The molecule has 4 nitrogen and oxygen atoms in total. The minimum atomic E-state index is -1.03. The van der Waals surface area contributed by atoms with Gasteiger partial charge in [-0.25, -0.2) is 4.79 Å². The maximum Gasteiger partial charge on any atom is 0.335 e. The molecule has 1 atom stereocenters. The topological polar surface area (TPSA) is 74.6 Å². The van der Waals surface area contributed by atoms with Crippen LogP contribution in [0.25, 0.3) is 0 Å². The van der Waals surface area contributed by atoms with Gasteiger partial charge in [-0.2, -0.15) is 0 Å². The summed E-state index contributed by atoms with van der Waals surface area (Å²) in [7, 11) is 0. The molecule has 0 heterocycles. The third-order valence-electron chi connectivity index (χ3n) is 2.20. The van der Waals surface area contributed by atoms with Gasteiger partial charge in [0, 0.05) is 0 Å². The molecule has 0 fully saturated rings. The number of hydrogen-bond acceptors (Lipinski definition) is 2. The first-order valence-electron chi connectivity index (χ1n) is 4.56. The second-order valence-corrected chi connectivity index (χ2v) is 3.39. The van der Waals surface area contributed by atoms with Crippen LogP contribution in [0.15, 0.2) is 24.3 Å². The Labute approximate surface area is 87.2 Å². The van der Waals surface area contributed by atoms with Crippen molar-refractivity contribution < 1.29 is 19.8 Å². The van der Waals surface area contributed by atoms with E-state index in [0.717, 1.165) is 0 Å². The fourth-order valence-electron chi connectivity index (χ4n) is 1.49. The molecule has 0 aliphatic rings. The molecule has 0 aliphatic heterocycles. The van der Waals surface area contributed by atoms with E-state index >= 15 is 0 Å². The molecule has 80 valence electrons. The van der Waals surface area contributed by atoms with E-state index in [4.69, 9.17) is 10.2 Å². The molecule has 4 heteroatoms. The number of carboxylic acids is 2. The van der Waals surface area contributed by atoms with Crippen molar-refractivity contribution in [1.29, 1.82) is 0 Å². The number of hydrogen-bond donors (Lipinski definition) is 2. The minimum Gasteiger partial charge on any atom is -0.481 e. The van der Waals surface area contributed by atoms with Crippen molar-refractivity contribution in [1.82, 2.24) is 0 Å². The van der Waals surface area contributed by atoms with Crippen LogP contribution in [-0.2, 0) is 4.79 Å². The van der Waals surface area contributed by atoms with Crippen LogP contribution >= 0.6 is 0 Å². The average molecular weight is 208 g/mol. The fraction of sp³-hybridized carbons (Fsp3) is 0.273. The number of benzene rings is 1. The Morgan fingerprint density at radius 3 is 2.40 bits per heavy atom. The van der Waals surface area contributed by atoms with Gasteiger partial charge in [-0.05, 0) is 17.5 Å². The Morgan fingerprint density at radius 2 is 1.87 bits per heavy atom. The van der Waals surface area contributed by atoms with Crippen LogP contribution in [0.2, 0.25) is 0 Å². The lowest BCUT2D eigenvalue weighted by atomic mass is 9.93. The van der Waals surface area contributed by atoms with Gasteiger partial charge < -0.3 is 10.2 Å². The zero-order valence-electron chi connectivity index (χ0n) is 8.30. The maximum absolute atomic E-state index is 10.9. The van der Waals surface area contributed by atoms with Crippen molar-refractivity contribution in [3.8, 4) is 0 Å². The molecule has 1 aromatic carbocycles. The first-order chi connectivity index (χ1) is 7.02. The predicted molar refractivity (Wildman–Crippen MR) is 54.1 cm³/mol. The van der Waals surface area contributed by atoms with Crippen LogP contribution in [-0.4, -0.2) is 22.2 Å². The third-order valence-corrected chi connectivity index (χ3v) is 2.20. The Kier molecular flexibility index (Phi) is 3.44. The molecule has 0 aliphatic carbocycles. The summed E-state index contributed by atoms with van der Waals surface area (Å²) in [5.41, 5.74) is 0.735. The average Bonchev–Trinajstić information content (AvgIpc) is 2.16. The van der Waals surface area contributed by atoms with Gasteiger partial charge in [-0.1, -0.05) is 25.1 Å². The van der Waals surface area contributed by atoms with Gasteiger partial charge in [0.25, 0.3) is 0 Å². The molecule has 1 unspecified atom stereocenters. The van der Waals surface area contributed by atoms with E-state index in [0.29, 0.717) is 5.56 Å². The van der Waals surface area contributed by atoms with Crippen molar-refractivity contribution >= 4 is 11.9 Å². The van der Waals surface area contributed by atoms with Crippen molar-refractivity contribution in [2.24, 2.45) is 0 Å². The normalized spacial score (nSPS) is 12.1. The van der Waals surface area contributed by atoms with E-state index in [1.54, 1.807) is 25.1 Å². The van der Waals surface area contributed by atoms with Crippen LogP contribution in [0.1, 0.15) is 35.2 Å². The molecule has 0 saturated carbocycles. The van der Waals surface area contributed by atoms with Crippen molar-refractivity contribution in [2.45, 2.75) is 19.3 Å². The van der Waals surface area contributed by atoms with Gasteiger partial charge in [0.15, 0.2) is 0 Å². The van der Waals surface area contributed by atoms with Crippen molar-refractivity contribution in [3.63, 3.8) is 0 Å². The minimum absolute atomic E-state index is 0.0652. The molecule has 1 aromatic rings. The number of aromatic carboxylic acids is 1. The SMILES string of the molecule is CC(CC(=O)O)c1ccccc1C(=O)O. The molecular formula is C11H12O4. The molecule has 0 aromatic heterocycles. The van der Waals surface area contributed by atoms with E-state index in [1.807, 2.05) is 0 Å². The van der Waals surface area contributed by atoms with Crippen LogP contribution < -0.4 is 0 Å². The van der Waals surface area contributed by atoms with Gasteiger partial charge in [-0.3, -0.25) is 4.79 Å². The van der Waals surface area contributed by atoms with Crippen molar-refractivity contribution in [3.05, 3.63) is 35.4 Å². The third kappa shape index (κ3) is 2.80. The second kappa shape index (κ2) is 4.59. The summed E-state index contributed by atoms with van der Waals surface area (Å²) in [6.07, 6.45) is -0.0652. The van der Waals surface area contributed by atoms with Crippen LogP contribution in [0.5, 0.6) is 0 Å². The Hall–Kier alpha value is -1.84. The monoisotopic (exact) mass is 208 g/mol. The van der Waals surface area contributed by atoms with Gasteiger partial charge in [0.1, 0.15) is 0 Å². The quantitative estimate of drug-likeness (QED) is 0.793. The standard InChI is InChI=1S/C11H12O4/c1-7(6-10(12)13)8-4-2-3-5-9(8)11(14)15/h2-5,7H,6H2,1H3,(H,12,13)(H,14,15). The molecule has 0 radical (unpaired) electrons. The lowest BCUT2D eigenvalue weighted by Crippen LogP contribution is -2.08. The van der Waals surface area contributed by atoms with E-state index in [2.05, 4.69) is 0 Å². The predicted octanol–water partition coefficient (Wildman–Crippen LogP) is 1.96. The highest BCUT2D eigenvalue weighted by molar-refractivity contribution is 5.89. The molecule has 2 N–H and O–H groups in total. The summed E-state index contributed by atoms with van der Waals surface area (Å²) in [6, 6.07) is 6.47. The second-order valence-electron chi connectivity index (χ2n) is 3.39. The Bertz CT molecular complexity index is 384. The lowest BCUT2D eigenvalue weighted by Gasteiger charge is -2.11. The summed E-state index contributed by atoms with van der Waals surface area (Å²) in [5.74, 6) is -2.25. The van der Waals surface area contributed by atoms with Gasteiger partial charge in [-0.15, -0.1) is 0 Å². The summed E-state index contributed by atoms with van der Waals surface area (Å²) < 4.78 is 0. The molecule has 0 spiro atoms. The zero-order chi connectivity index (χ0) is 11.4. The van der Waals surface area contributed by atoms with E-state index in [-0.39, 0.29) is 17.9 Å². The summed E-state index contributed by atoms with van der Waals surface area (Å²) in [6.45, 7) is 1.70. The molecule has 0 amide bonds. The zero-order valence-corrected chi connectivity index (χ0v) is 8.30. The number of aliphatic carboxylic acids is 1. The van der Waals surface area contributed by atoms with E-state index < -0.39 is 11.9 Å². The number of carboxylic acid groups (broad SMARTS) is 2. The number of carbonyl (C=O) groups is 2. The largest absolute Gasteiger partial charge is 0.481 e. The van der Waals surface area contributed by atoms with Crippen LogP contribution in [0.3, 0.4) is 0 Å². The lowest BCUT2D eigenvalue weighted by molar-refractivity contribution is -0.137. The van der Waals surface area contributed by atoms with Crippen molar-refractivity contribution in [2.75, 3.05) is 0 Å². The maximum atomic E-state index is 10.9. The molecule has 15 heavy (non-hydrogen) atoms. The highest BCUT2D eigenvalue weighted by atomic mass is 16.4. The first-order valence-corrected chi connectivity index (χ1v) is 4.56. The molecule has 1 rings (SSSR count). The molecular weight excluding hydrogens is 196 g/mol. The van der Waals surface area contributed by atoms with E-state index in [9.17, 15) is 9.59 Å². The fourth-order valence-corrected chi connectivity index (χ4v) is 1.49. The highest BCUT2D eigenvalue weighted by Crippen LogP contribution is 2.22. The smallest absolute Gasteiger partial charge is 0.335 e. The molecule has 0 saturated heterocycles. The van der Waals surface area contributed by atoms with Crippen LogP contribution in [0, 0.1) is 0 Å². The first kappa shape index (κ1) is 11.2. The van der Waals surface area contributed by atoms with Gasteiger partial charge >= 0.3 is 11.9 Å². The van der Waals surface area contributed by atoms with Crippen LogP contribution in [0.4, 0.5) is 0 Å². The number of rotatable bonds is 4. The van der Waals surface area contributed by atoms with E-state index in [1.165, 1.54) is 6.07 Å². The Balaban J connectivity index is 3.02. The Morgan fingerprint density at radius 1 is 1.27 bits per heavy atom.